The molecule has 0 aliphatic carbocycles. The monoisotopic (exact) mass is 404 g/mol. The number of carbonyl (C=O) groups excluding carboxylic acids is 1. The number of esters is 1. The second-order valence-electron chi connectivity index (χ2n) is 6.72. The lowest BCUT2D eigenvalue weighted by atomic mass is 9.98. The van der Waals surface area contributed by atoms with Gasteiger partial charge in [0.05, 0.1) is 32.2 Å². The van der Waals surface area contributed by atoms with Gasteiger partial charge in [0.25, 0.3) is 0 Å². The molecular weight excluding hydrogens is 384 g/mol. The highest BCUT2D eigenvalue weighted by Crippen LogP contribution is 2.33. The minimum absolute atomic E-state index is 0.0827. The predicted molar refractivity (Wildman–Crippen MR) is 111 cm³/mol. The van der Waals surface area contributed by atoms with E-state index in [9.17, 15) is 10.1 Å². The molecule has 1 saturated heterocycles. The van der Waals surface area contributed by atoms with Gasteiger partial charge in [0, 0.05) is 35.5 Å². The van der Waals surface area contributed by atoms with Crippen molar-refractivity contribution in [1.29, 1.82) is 5.26 Å². The number of aromatic nitrogens is 3. The lowest BCUT2D eigenvalue weighted by Crippen LogP contribution is -2.36. The van der Waals surface area contributed by atoms with E-state index in [-0.39, 0.29) is 17.1 Å². The zero-order valence-electron chi connectivity index (χ0n) is 16.4. The molecule has 0 atom stereocenters. The van der Waals surface area contributed by atoms with Crippen LogP contribution in [0.1, 0.15) is 16.1 Å². The molecule has 30 heavy (non-hydrogen) atoms. The van der Waals surface area contributed by atoms with Gasteiger partial charge < -0.3 is 20.1 Å². The molecule has 9 nitrogen and oxygen atoms in total. The molecule has 0 radical (unpaired) electrons. The number of anilines is 2. The van der Waals surface area contributed by atoms with Crippen molar-refractivity contribution in [2.45, 2.75) is 0 Å². The second-order valence-corrected chi connectivity index (χ2v) is 6.72. The molecule has 0 amide bonds. The van der Waals surface area contributed by atoms with Crippen molar-refractivity contribution in [1.82, 2.24) is 15.2 Å². The quantitative estimate of drug-likeness (QED) is 0.633. The minimum atomic E-state index is -0.585. The van der Waals surface area contributed by atoms with Crippen molar-refractivity contribution in [2.75, 3.05) is 44.0 Å². The lowest BCUT2D eigenvalue weighted by molar-refractivity contribution is 0.0595. The first kappa shape index (κ1) is 19.4. The number of nitrogens with one attached hydrogen (secondary N) is 1. The van der Waals surface area contributed by atoms with Crippen LogP contribution in [0, 0.1) is 11.3 Å². The average Bonchev–Trinajstić information content (AvgIpc) is 3.28. The van der Waals surface area contributed by atoms with Crippen LogP contribution in [0.25, 0.3) is 22.4 Å². The van der Waals surface area contributed by atoms with Crippen molar-refractivity contribution < 1.29 is 14.3 Å². The number of morpholine rings is 1. The summed E-state index contributed by atoms with van der Waals surface area (Å²) in [5.41, 5.74) is 9.83. The van der Waals surface area contributed by atoms with Gasteiger partial charge in [0.1, 0.15) is 17.5 Å². The van der Waals surface area contributed by atoms with E-state index in [1.807, 2.05) is 24.3 Å². The van der Waals surface area contributed by atoms with Crippen molar-refractivity contribution in [2.24, 2.45) is 0 Å². The number of rotatable bonds is 4. The molecule has 0 bridgehead atoms. The molecule has 4 rings (SSSR count). The second kappa shape index (κ2) is 8.23. The highest BCUT2D eigenvalue weighted by Gasteiger charge is 2.21. The number of nitrogens with two attached hydrogens (primary N) is 1. The topological polar surface area (TPSA) is 130 Å². The van der Waals surface area contributed by atoms with Crippen LogP contribution in [-0.4, -0.2) is 54.6 Å². The number of hydrogen-bond acceptors (Lipinski definition) is 8. The van der Waals surface area contributed by atoms with Gasteiger partial charge in [-0.05, 0) is 18.2 Å². The van der Waals surface area contributed by atoms with Crippen LogP contribution in [0.3, 0.4) is 0 Å². The third-order valence-corrected chi connectivity index (χ3v) is 5.02. The van der Waals surface area contributed by atoms with Crippen molar-refractivity contribution >= 4 is 17.5 Å². The number of carbonyl (C=O) groups is 1. The third kappa shape index (κ3) is 3.56. The maximum absolute atomic E-state index is 12.1. The summed E-state index contributed by atoms with van der Waals surface area (Å²) < 4.78 is 10.2. The Bertz CT molecular complexity index is 1110. The van der Waals surface area contributed by atoms with E-state index in [2.05, 4.69) is 26.2 Å². The molecule has 1 fully saturated rings. The maximum Gasteiger partial charge on any atom is 0.356 e. The van der Waals surface area contributed by atoms with Crippen LogP contribution in [0.4, 0.5) is 11.5 Å². The number of methoxy groups -OCH3 is 1. The molecule has 3 heterocycles. The number of H-pyrrole nitrogens is 1. The van der Waals surface area contributed by atoms with E-state index in [1.165, 1.54) is 13.3 Å². The predicted octanol–water partition coefficient (Wildman–Crippen LogP) is 2.22. The van der Waals surface area contributed by atoms with E-state index in [0.717, 1.165) is 24.3 Å². The Kier molecular flexibility index (Phi) is 5.32. The highest BCUT2D eigenvalue weighted by atomic mass is 16.5. The summed E-state index contributed by atoms with van der Waals surface area (Å²) in [6, 6.07) is 11.8. The first-order chi connectivity index (χ1) is 14.6. The molecule has 1 aromatic carbocycles. The molecular formula is C21H20N6O3. The average molecular weight is 404 g/mol. The maximum atomic E-state index is 12.1. The van der Waals surface area contributed by atoms with Gasteiger partial charge in [-0.25, -0.2) is 9.78 Å². The Hall–Kier alpha value is -3.90. The smallest absolute Gasteiger partial charge is 0.356 e. The fraction of sp³-hybridized carbons (Fsp3) is 0.238. The van der Waals surface area contributed by atoms with Crippen molar-refractivity contribution in [3.05, 3.63) is 47.8 Å². The SMILES string of the molecule is COC(=O)c1[nH]ncc1-c1cc(-c2ccc(N3CCOCC3)cc2)nc(N)c1C#N. The summed E-state index contributed by atoms with van der Waals surface area (Å²) in [7, 11) is 1.28. The molecule has 0 saturated carbocycles. The number of benzene rings is 1. The molecule has 9 heteroatoms. The zero-order chi connectivity index (χ0) is 21.1. The largest absolute Gasteiger partial charge is 0.464 e. The number of hydrogen-bond donors (Lipinski definition) is 2. The molecule has 0 unspecified atom stereocenters. The third-order valence-electron chi connectivity index (χ3n) is 5.02. The van der Waals surface area contributed by atoms with Crippen LogP contribution in [0.15, 0.2) is 36.5 Å². The number of ether oxygens (including phenoxy) is 2. The van der Waals surface area contributed by atoms with Crippen LogP contribution in [0.2, 0.25) is 0 Å². The zero-order valence-corrected chi connectivity index (χ0v) is 16.4. The minimum Gasteiger partial charge on any atom is -0.464 e. The number of nitrogens with zero attached hydrogens (tertiary/aromatic N) is 4. The fourth-order valence-electron chi connectivity index (χ4n) is 3.46. The summed E-state index contributed by atoms with van der Waals surface area (Å²) in [5, 5.41) is 16.1. The van der Waals surface area contributed by atoms with Crippen molar-refractivity contribution in [3.8, 4) is 28.5 Å². The Labute approximate surface area is 173 Å². The lowest BCUT2D eigenvalue weighted by Gasteiger charge is -2.28. The number of pyridine rings is 1. The summed E-state index contributed by atoms with van der Waals surface area (Å²) in [6.07, 6.45) is 1.47. The summed E-state index contributed by atoms with van der Waals surface area (Å²) in [6.45, 7) is 3.13. The van der Waals surface area contributed by atoms with Crippen LogP contribution in [0.5, 0.6) is 0 Å². The van der Waals surface area contributed by atoms with Gasteiger partial charge in [0.2, 0.25) is 0 Å². The Morgan fingerprint density at radius 3 is 2.67 bits per heavy atom. The highest BCUT2D eigenvalue weighted by molar-refractivity contribution is 5.97. The standard InChI is InChI=1S/C21H20N6O3/c1-29-21(28)19-17(12-24-26-19)15-10-18(25-20(23)16(15)11-22)13-2-4-14(5-3-13)27-6-8-30-9-7-27/h2-5,10,12H,6-9H2,1H3,(H2,23,25)(H,24,26). The number of nitriles is 1. The number of aromatic amines is 1. The van der Waals surface area contributed by atoms with E-state index in [4.69, 9.17) is 15.2 Å². The van der Waals surface area contributed by atoms with Gasteiger partial charge in [-0.2, -0.15) is 10.4 Å². The molecule has 3 aromatic rings. The number of nitrogen functional groups attached to an aromatic ring is 1. The van der Waals surface area contributed by atoms with Gasteiger partial charge in [-0.1, -0.05) is 12.1 Å². The van der Waals surface area contributed by atoms with Crippen LogP contribution < -0.4 is 10.6 Å². The Morgan fingerprint density at radius 1 is 1.27 bits per heavy atom. The van der Waals surface area contributed by atoms with Crippen molar-refractivity contribution in [3.63, 3.8) is 0 Å². The van der Waals surface area contributed by atoms with E-state index < -0.39 is 5.97 Å². The van der Waals surface area contributed by atoms with Gasteiger partial charge in [-0.15, -0.1) is 0 Å². The summed E-state index contributed by atoms with van der Waals surface area (Å²) >= 11 is 0. The summed E-state index contributed by atoms with van der Waals surface area (Å²) in [5.74, 6) is -0.502. The Morgan fingerprint density at radius 2 is 2.00 bits per heavy atom. The van der Waals surface area contributed by atoms with Crippen LogP contribution >= 0.6 is 0 Å². The normalized spacial score (nSPS) is 13.7. The van der Waals surface area contributed by atoms with E-state index in [0.29, 0.717) is 30.0 Å². The Balaban J connectivity index is 1.75. The molecule has 1 aliphatic heterocycles. The fourth-order valence-corrected chi connectivity index (χ4v) is 3.46. The van der Waals surface area contributed by atoms with E-state index in [1.54, 1.807) is 6.07 Å². The molecule has 2 aromatic heterocycles. The molecule has 3 N–H and O–H groups in total. The molecule has 152 valence electrons. The van der Waals surface area contributed by atoms with Gasteiger partial charge in [-0.3, -0.25) is 5.10 Å². The first-order valence-electron chi connectivity index (χ1n) is 9.38. The van der Waals surface area contributed by atoms with Gasteiger partial charge in [0.15, 0.2) is 5.69 Å². The molecule has 1 aliphatic rings. The van der Waals surface area contributed by atoms with E-state index >= 15 is 0 Å². The summed E-state index contributed by atoms with van der Waals surface area (Å²) in [4.78, 5) is 18.7. The van der Waals surface area contributed by atoms with Crippen LogP contribution in [-0.2, 0) is 9.47 Å². The van der Waals surface area contributed by atoms with Gasteiger partial charge >= 0.3 is 5.97 Å². The molecule has 0 spiro atoms. The first-order valence-corrected chi connectivity index (χ1v) is 9.38.